The lowest BCUT2D eigenvalue weighted by Crippen LogP contribution is -1.71. The van der Waals surface area contributed by atoms with E-state index < -0.39 is 0 Å². The van der Waals surface area contributed by atoms with Crippen molar-refractivity contribution in [1.29, 1.82) is 5.41 Å². The maximum absolute atomic E-state index is 8.35. The van der Waals surface area contributed by atoms with Crippen molar-refractivity contribution in [1.82, 2.24) is 0 Å². The molecule has 0 heterocycles. The first kappa shape index (κ1) is 11.5. The minimum Gasteiger partial charge on any atom is -0.222 e. The second kappa shape index (κ2) is 15.6. The second-order valence-electron chi connectivity index (χ2n) is 1.30. The number of thioether (sulfide) groups is 1. The largest absolute Gasteiger partial charge is 0.231 e. The molecular formula is C6H13NOS. The monoisotopic (exact) mass is 147 g/mol. The zero-order chi connectivity index (χ0) is 7.54. The third-order valence-corrected chi connectivity index (χ3v) is 1.66. The summed E-state index contributed by atoms with van der Waals surface area (Å²) in [7, 11) is 0. The summed E-state index contributed by atoms with van der Waals surface area (Å²) in [4.78, 5) is 8.35. The highest BCUT2D eigenvalue weighted by Crippen LogP contribution is 1.98. The maximum Gasteiger partial charge on any atom is 0.231 e. The number of hydrogen-bond acceptors (Lipinski definition) is 3. The van der Waals surface area contributed by atoms with Gasteiger partial charge in [0.05, 0.1) is 0 Å². The fourth-order valence-corrected chi connectivity index (χ4v) is 0.866. The van der Waals surface area contributed by atoms with E-state index in [0.29, 0.717) is 0 Å². The number of carbonyl (C=O) groups excluding carboxylic acids is 1. The smallest absolute Gasteiger partial charge is 0.222 e. The van der Waals surface area contributed by atoms with Crippen LogP contribution in [0.2, 0.25) is 0 Å². The third-order valence-electron chi connectivity index (χ3n) is 0.553. The van der Waals surface area contributed by atoms with Crippen LogP contribution in [0.15, 0.2) is 0 Å². The van der Waals surface area contributed by atoms with E-state index in [-0.39, 0.29) is 0 Å². The SMILES string of the molecule is CCCSCC.N=C=O. The highest BCUT2D eigenvalue weighted by atomic mass is 32.2. The van der Waals surface area contributed by atoms with Crippen molar-refractivity contribution in [2.45, 2.75) is 20.3 Å². The Morgan fingerprint density at radius 3 is 2.11 bits per heavy atom. The van der Waals surface area contributed by atoms with E-state index in [1.807, 2.05) is 11.8 Å². The van der Waals surface area contributed by atoms with Crippen LogP contribution in [-0.4, -0.2) is 17.6 Å². The lowest BCUT2D eigenvalue weighted by molar-refractivity contribution is 0.563. The first-order valence-electron chi connectivity index (χ1n) is 2.95. The van der Waals surface area contributed by atoms with Gasteiger partial charge in [-0.2, -0.15) is 11.8 Å². The van der Waals surface area contributed by atoms with E-state index in [0.717, 1.165) is 6.08 Å². The Hall–Kier alpha value is -0.270. The molecule has 0 rings (SSSR count). The zero-order valence-corrected chi connectivity index (χ0v) is 6.75. The minimum absolute atomic E-state index is 0.750. The molecule has 0 aromatic rings. The summed E-state index contributed by atoms with van der Waals surface area (Å²) < 4.78 is 0. The van der Waals surface area contributed by atoms with E-state index in [1.165, 1.54) is 17.9 Å². The van der Waals surface area contributed by atoms with Crippen LogP contribution >= 0.6 is 11.8 Å². The fraction of sp³-hybridized carbons (Fsp3) is 0.833. The van der Waals surface area contributed by atoms with Crippen LogP contribution < -0.4 is 0 Å². The van der Waals surface area contributed by atoms with Crippen LogP contribution in [0.25, 0.3) is 0 Å². The molecule has 0 aliphatic heterocycles. The van der Waals surface area contributed by atoms with Gasteiger partial charge in [0.25, 0.3) is 0 Å². The van der Waals surface area contributed by atoms with Gasteiger partial charge in [0, 0.05) is 0 Å². The van der Waals surface area contributed by atoms with Crippen LogP contribution in [0.5, 0.6) is 0 Å². The van der Waals surface area contributed by atoms with Gasteiger partial charge in [-0.25, -0.2) is 10.2 Å². The fourth-order valence-electron chi connectivity index (χ4n) is 0.289. The third kappa shape index (κ3) is 34.1. The normalized spacial score (nSPS) is 6.89. The van der Waals surface area contributed by atoms with Crippen LogP contribution in [0.1, 0.15) is 20.3 Å². The predicted molar refractivity (Wildman–Crippen MR) is 41.7 cm³/mol. The molecule has 54 valence electrons. The average molecular weight is 147 g/mol. The molecule has 0 aliphatic carbocycles. The number of rotatable bonds is 3. The molecule has 0 spiro atoms. The molecule has 0 aromatic carbocycles. The van der Waals surface area contributed by atoms with Gasteiger partial charge in [0.2, 0.25) is 6.08 Å². The standard InChI is InChI=1S/C5H12S.CHNO/c1-3-5-6-4-2;2-1-3/h3-5H2,1-2H3;2H. The molecular weight excluding hydrogens is 134 g/mol. The van der Waals surface area contributed by atoms with Crippen molar-refractivity contribution in [3.63, 3.8) is 0 Å². The van der Waals surface area contributed by atoms with E-state index in [2.05, 4.69) is 13.8 Å². The maximum atomic E-state index is 8.35. The first-order chi connectivity index (χ1) is 4.33. The van der Waals surface area contributed by atoms with E-state index in [1.54, 1.807) is 0 Å². The van der Waals surface area contributed by atoms with E-state index in [9.17, 15) is 0 Å². The Morgan fingerprint density at radius 1 is 1.56 bits per heavy atom. The minimum atomic E-state index is 0.750. The molecule has 0 unspecified atom stereocenters. The summed E-state index contributed by atoms with van der Waals surface area (Å²) in [6.07, 6.45) is 2.07. The van der Waals surface area contributed by atoms with Crippen molar-refractivity contribution in [3.05, 3.63) is 0 Å². The Labute approximate surface area is 60.5 Å². The summed E-state index contributed by atoms with van der Waals surface area (Å²) >= 11 is 2.01. The second-order valence-corrected chi connectivity index (χ2v) is 2.69. The average Bonchev–Trinajstić information content (AvgIpc) is 1.86. The Morgan fingerprint density at radius 2 is 2.00 bits per heavy atom. The zero-order valence-electron chi connectivity index (χ0n) is 5.94. The lowest BCUT2D eigenvalue weighted by Gasteiger charge is -1.87. The summed E-state index contributed by atoms with van der Waals surface area (Å²) in [6.45, 7) is 4.41. The van der Waals surface area contributed by atoms with Crippen molar-refractivity contribution >= 4 is 17.8 Å². The molecule has 0 fully saturated rings. The molecule has 3 heteroatoms. The molecule has 0 saturated heterocycles. The predicted octanol–water partition coefficient (Wildman–Crippen LogP) is 2.05. The number of isocyanates is 1. The number of hydrogen-bond donors (Lipinski definition) is 1. The highest BCUT2D eigenvalue weighted by Gasteiger charge is 1.74. The Balaban J connectivity index is 0. The van der Waals surface area contributed by atoms with Crippen LogP contribution in [-0.2, 0) is 4.79 Å². The molecule has 0 bridgehead atoms. The molecule has 0 saturated carbocycles. The van der Waals surface area contributed by atoms with Gasteiger partial charge < -0.3 is 0 Å². The molecule has 0 radical (unpaired) electrons. The van der Waals surface area contributed by atoms with Gasteiger partial charge in [-0.3, -0.25) is 0 Å². The van der Waals surface area contributed by atoms with Crippen LogP contribution in [0.3, 0.4) is 0 Å². The van der Waals surface area contributed by atoms with Gasteiger partial charge in [0.1, 0.15) is 0 Å². The van der Waals surface area contributed by atoms with E-state index in [4.69, 9.17) is 10.2 Å². The molecule has 0 aromatic heterocycles. The van der Waals surface area contributed by atoms with E-state index >= 15 is 0 Å². The molecule has 2 nitrogen and oxygen atoms in total. The summed E-state index contributed by atoms with van der Waals surface area (Å²) in [5.41, 5.74) is 0. The van der Waals surface area contributed by atoms with Gasteiger partial charge >= 0.3 is 0 Å². The Bertz CT molecular complexity index is 65.5. The van der Waals surface area contributed by atoms with Crippen molar-refractivity contribution in [3.8, 4) is 0 Å². The van der Waals surface area contributed by atoms with Crippen LogP contribution in [0.4, 0.5) is 0 Å². The van der Waals surface area contributed by atoms with Gasteiger partial charge in [0.15, 0.2) is 0 Å². The van der Waals surface area contributed by atoms with Gasteiger partial charge in [-0.1, -0.05) is 13.8 Å². The molecule has 9 heavy (non-hydrogen) atoms. The van der Waals surface area contributed by atoms with Crippen molar-refractivity contribution in [2.24, 2.45) is 0 Å². The molecule has 0 atom stereocenters. The Kier molecular flexibility index (Phi) is 20.0. The highest BCUT2D eigenvalue weighted by molar-refractivity contribution is 7.99. The number of nitrogens with one attached hydrogen (secondary N) is 1. The topological polar surface area (TPSA) is 40.9 Å². The molecule has 1 N–H and O–H groups in total. The summed E-state index contributed by atoms with van der Waals surface area (Å²) in [5.74, 6) is 2.60. The van der Waals surface area contributed by atoms with Gasteiger partial charge in [-0.05, 0) is 17.9 Å². The first-order valence-corrected chi connectivity index (χ1v) is 4.10. The van der Waals surface area contributed by atoms with Gasteiger partial charge in [-0.15, -0.1) is 0 Å². The summed E-state index contributed by atoms with van der Waals surface area (Å²) in [6, 6.07) is 0. The molecule has 0 amide bonds. The van der Waals surface area contributed by atoms with Crippen molar-refractivity contribution < 1.29 is 4.79 Å². The van der Waals surface area contributed by atoms with Crippen LogP contribution in [0, 0.1) is 5.41 Å². The summed E-state index contributed by atoms with van der Waals surface area (Å²) in [5, 5.41) is 5.40. The quantitative estimate of drug-likeness (QED) is 0.377. The molecule has 0 aliphatic rings. The van der Waals surface area contributed by atoms with Crippen molar-refractivity contribution in [2.75, 3.05) is 11.5 Å². The lowest BCUT2D eigenvalue weighted by atomic mass is 10.6.